The summed E-state index contributed by atoms with van der Waals surface area (Å²) < 4.78 is 8.50. The predicted molar refractivity (Wildman–Crippen MR) is 96.2 cm³/mol. The third-order valence-electron chi connectivity index (χ3n) is 4.10. The average molecular weight is 374 g/mol. The third kappa shape index (κ3) is 2.74. The van der Waals surface area contributed by atoms with Crippen molar-refractivity contribution in [2.45, 2.75) is 33.6 Å². The molecule has 0 atom stereocenters. The van der Waals surface area contributed by atoms with E-state index in [0.717, 1.165) is 38.6 Å². The molecule has 0 amide bonds. The number of halogens is 1. The van der Waals surface area contributed by atoms with E-state index >= 15 is 0 Å². The SMILES string of the molecule is COc1ccc(-c2cn3c(C)c(Br)c(C)nc3n2)cc1C(C)C. The molecule has 2 aromatic heterocycles. The Morgan fingerprint density at radius 3 is 2.57 bits per heavy atom. The van der Waals surface area contributed by atoms with Gasteiger partial charge in [-0.3, -0.25) is 4.40 Å². The highest BCUT2D eigenvalue weighted by Gasteiger charge is 2.14. The van der Waals surface area contributed by atoms with Gasteiger partial charge in [0.2, 0.25) is 5.78 Å². The van der Waals surface area contributed by atoms with Gasteiger partial charge in [0.15, 0.2) is 0 Å². The first-order chi connectivity index (χ1) is 10.9. The number of hydrogen-bond donors (Lipinski definition) is 0. The van der Waals surface area contributed by atoms with Crippen LogP contribution in [-0.2, 0) is 0 Å². The average Bonchev–Trinajstić information content (AvgIpc) is 2.96. The van der Waals surface area contributed by atoms with Gasteiger partial charge in [-0.05, 0) is 59.5 Å². The highest BCUT2D eigenvalue weighted by Crippen LogP contribution is 2.31. The van der Waals surface area contributed by atoms with Crippen molar-refractivity contribution < 1.29 is 4.74 Å². The van der Waals surface area contributed by atoms with Gasteiger partial charge in [-0.25, -0.2) is 9.97 Å². The van der Waals surface area contributed by atoms with E-state index in [4.69, 9.17) is 9.72 Å². The second-order valence-corrected chi connectivity index (χ2v) is 6.80. The molecule has 4 nitrogen and oxygen atoms in total. The molecule has 0 aliphatic heterocycles. The summed E-state index contributed by atoms with van der Waals surface area (Å²) >= 11 is 3.59. The molecule has 0 bridgehead atoms. The molecule has 3 aromatic rings. The number of aromatic nitrogens is 3. The summed E-state index contributed by atoms with van der Waals surface area (Å²) in [5.74, 6) is 2.03. The van der Waals surface area contributed by atoms with Crippen molar-refractivity contribution in [3.8, 4) is 17.0 Å². The molecule has 0 aliphatic rings. The zero-order valence-electron chi connectivity index (χ0n) is 14.0. The van der Waals surface area contributed by atoms with E-state index < -0.39 is 0 Å². The van der Waals surface area contributed by atoms with Gasteiger partial charge in [-0.1, -0.05) is 13.8 Å². The molecule has 1 aromatic carbocycles. The van der Waals surface area contributed by atoms with Crippen LogP contribution in [0.1, 0.15) is 36.7 Å². The van der Waals surface area contributed by atoms with Crippen LogP contribution < -0.4 is 4.74 Å². The number of fused-ring (bicyclic) bond motifs is 1. The summed E-state index contributed by atoms with van der Waals surface area (Å²) in [6, 6.07) is 6.21. The van der Waals surface area contributed by atoms with Crippen molar-refractivity contribution in [1.82, 2.24) is 14.4 Å². The van der Waals surface area contributed by atoms with Gasteiger partial charge in [-0.2, -0.15) is 0 Å². The van der Waals surface area contributed by atoms with Crippen LogP contribution in [0.2, 0.25) is 0 Å². The summed E-state index contributed by atoms with van der Waals surface area (Å²) in [6.45, 7) is 8.37. The molecule has 120 valence electrons. The minimum Gasteiger partial charge on any atom is -0.496 e. The number of benzene rings is 1. The van der Waals surface area contributed by atoms with Crippen molar-refractivity contribution in [2.75, 3.05) is 7.11 Å². The summed E-state index contributed by atoms with van der Waals surface area (Å²) in [6.07, 6.45) is 2.04. The Hall–Kier alpha value is -1.88. The Morgan fingerprint density at radius 2 is 1.91 bits per heavy atom. The Balaban J connectivity index is 2.17. The van der Waals surface area contributed by atoms with E-state index in [1.807, 2.05) is 29.7 Å². The van der Waals surface area contributed by atoms with Gasteiger partial charge in [0.05, 0.1) is 23.0 Å². The maximum Gasteiger partial charge on any atom is 0.234 e. The molecule has 0 saturated heterocycles. The second kappa shape index (κ2) is 5.96. The highest BCUT2D eigenvalue weighted by atomic mass is 79.9. The summed E-state index contributed by atoms with van der Waals surface area (Å²) in [5, 5.41) is 0. The Bertz CT molecular complexity index is 884. The quantitative estimate of drug-likeness (QED) is 0.654. The summed E-state index contributed by atoms with van der Waals surface area (Å²) in [5.41, 5.74) is 5.23. The molecule has 0 N–H and O–H groups in total. The fraction of sp³-hybridized carbons (Fsp3) is 0.333. The molecule has 0 aliphatic carbocycles. The Kier molecular flexibility index (Phi) is 4.15. The van der Waals surface area contributed by atoms with E-state index in [0.29, 0.717) is 5.92 Å². The van der Waals surface area contributed by atoms with E-state index in [1.54, 1.807) is 7.11 Å². The van der Waals surface area contributed by atoms with Gasteiger partial charge in [0, 0.05) is 17.5 Å². The lowest BCUT2D eigenvalue weighted by atomic mass is 9.98. The van der Waals surface area contributed by atoms with Crippen molar-refractivity contribution in [2.24, 2.45) is 0 Å². The molecule has 23 heavy (non-hydrogen) atoms. The van der Waals surface area contributed by atoms with Gasteiger partial charge >= 0.3 is 0 Å². The van der Waals surface area contributed by atoms with Crippen LogP contribution in [0.5, 0.6) is 5.75 Å². The van der Waals surface area contributed by atoms with Gasteiger partial charge in [0.25, 0.3) is 0 Å². The molecular formula is C18H20BrN3O. The maximum atomic E-state index is 5.46. The first kappa shape index (κ1) is 16.0. The largest absolute Gasteiger partial charge is 0.496 e. The maximum absolute atomic E-state index is 5.46. The van der Waals surface area contributed by atoms with Crippen LogP contribution >= 0.6 is 15.9 Å². The fourth-order valence-electron chi connectivity index (χ4n) is 2.75. The molecule has 2 heterocycles. The van der Waals surface area contributed by atoms with Crippen LogP contribution in [0, 0.1) is 13.8 Å². The standard InChI is InChI=1S/C18H20BrN3O/c1-10(2)14-8-13(6-7-16(14)23-5)15-9-22-12(4)17(19)11(3)20-18(22)21-15/h6-10H,1-5H3. The molecule has 0 fully saturated rings. The monoisotopic (exact) mass is 373 g/mol. The lowest BCUT2D eigenvalue weighted by Gasteiger charge is -2.12. The first-order valence-electron chi connectivity index (χ1n) is 7.62. The lowest BCUT2D eigenvalue weighted by molar-refractivity contribution is 0.407. The molecule has 0 radical (unpaired) electrons. The second-order valence-electron chi connectivity index (χ2n) is 6.00. The minimum atomic E-state index is 0.387. The molecule has 0 unspecified atom stereocenters. The number of nitrogens with zero attached hydrogens (tertiary/aromatic N) is 3. The number of rotatable bonds is 3. The van der Waals surface area contributed by atoms with E-state index in [-0.39, 0.29) is 0 Å². The smallest absolute Gasteiger partial charge is 0.234 e. The molecule has 0 saturated carbocycles. The highest BCUT2D eigenvalue weighted by molar-refractivity contribution is 9.10. The lowest BCUT2D eigenvalue weighted by Crippen LogP contribution is -1.97. The molecule has 0 spiro atoms. The van der Waals surface area contributed by atoms with Crippen molar-refractivity contribution >= 4 is 21.7 Å². The number of ether oxygens (including phenoxy) is 1. The van der Waals surface area contributed by atoms with Crippen molar-refractivity contribution in [3.05, 3.63) is 45.8 Å². The summed E-state index contributed by atoms with van der Waals surface area (Å²) in [7, 11) is 1.71. The number of aryl methyl sites for hydroxylation is 2. The number of hydrogen-bond acceptors (Lipinski definition) is 3. The van der Waals surface area contributed by atoms with Crippen LogP contribution in [0.15, 0.2) is 28.9 Å². The van der Waals surface area contributed by atoms with Crippen LogP contribution in [-0.4, -0.2) is 21.5 Å². The minimum absolute atomic E-state index is 0.387. The number of methoxy groups -OCH3 is 1. The Labute approximate surface area is 144 Å². The fourth-order valence-corrected chi connectivity index (χ4v) is 3.03. The van der Waals surface area contributed by atoms with Gasteiger partial charge in [0.1, 0.15) is 5.75 Å². The van der Waals surface area contributed by atoms with E-state index in [2.05, 4.69) is 47.8 Å². The third-order valence-corrected chi connectivity index (χ3v) is 5.25. The predicted octanol–water partition coefficient (Wildman–Crippen LogP) is 4.91. The molecular weight excluding hydrogens is 354 g/mol. The van der Waals surface area contributed by atoms with Gasteiger partial charge < -0.3 is 4.74 Å². The zero-order valence-corrected chi connectivity index (χ0v) is 15.6. The number of imidazole rings is 1. The molecule has 3 rings (SSSR count). The normalized spacial score (nSPS) is 11.4. The molecule has 5 heteroatoms. The summed E-state index contributed by atoms with van der Waals surface area (Å²) in [4.78, 5) is 9.25. The topological polar surface area (TPSA) is 39.4 Å². The van der Waals surface area contributed by atoms with Crippen LogP contribution in [0.4, 0.5) is 0 Å². The van der Waals surface area contributed by atoms with E-state index in [1.165, 1.54) is 5.56 Å². The van der Waals surface area contributed by atoms with Crippen LogP contribution in [0.25, 0.3) is 17.0 Å². The van der Waals surface area contributed by atoms with Crippen molar-refractivity contribution in [3.63, 3.8) is 0 Å². The first-order valence-corrected chi connectivity index (χ1v) is 8.41. The Morgan fingerprint density at radius 1 is 1.17 bits per heavy atom. The van der Waals surface area contributed by atoms with Gasteiger partial charge in [-0.15, -0.1) is 0 Å². The van der Waals surface area contributed by atoms with Crippen LogP contribution in [0.3, 0.4) is 0 Å². The van der Waals surface area contributed by atoms with Crippen molar-refractivity contribution in [1.29, 1.82) is 0 Å². The zero-order chi connectivity index (χ0) is 16.7. The van der Waals surface area contributed by atoms with E-state index in [9.17, 15) is 0 Å².